The second kappa shape index (κ2) is 4.86. The number of rotatable bonds is 2. The molecule has 0 aliphatic carbocycles. The monoisotopic (exact) mass is 284 g/mol. The van der Waals surface area contributed by atoms with E-state index in [0.717, 1.165) is 5.52 Å². The Hall–Kier alpha value is -2.53. The molecule has 5 nitrogen and oxygen atoms in total. The fraction of sp³-hybridized carbons (Fsp3) is 0. The largest absolute Gasteiger partial charge is 0.284 e. The Morgan fingerprint density at radius 2 is 2.00 bits per heavy atom. The fourth-order valence-corrected chi connectivity index (χ4v) is 2.34. The van der Waals surface area contributed by atoms with Gasteiger partial charge in [-0.2, -0.15) is 0 Å². The van der Waals surface area contributed by atoms with Gasteiger partial charge in [-0.15, -0.1) is 0 Å². The lowest BCUT2D eigenvalue weighted by atomic mass is 10.1. The second-order valence-corrected chi connectivity index (χ2v) is 4.47. The van der Waals surface area contributed by atoms with E-state index in [2.05, 4.69) is 21.7 Å². The summed E-state index contributed by atoms with van der Waals surface area (Å²) in [5.41, 5.74) is 1.13. The van der Waals surface area contributed by atoms with Crippen LogP contribution in [-0.2, 0) is 0 Å². The topological polar surface area (TPSA) is 60.1 Å². The average Bonchev–Trinajstić information content (AvgIpc) is 2.88. The molecule has 0 saturated heterocycles. The summed E-state index contributed by atoms with van der Waals surface area (Å²) in [5, 5.41) is 1.10. The first kappa shape index (κ1) is 12.5. The van der Waals surface area contributed by atoms with E-state index in [1.165, 1.54) is 0 Å². The number of fused-ring (bicyclic) bond motifs is 1. The Bertz CT molecular complexity index is 811. The zero-order chi connectivity index (χ0) is 14.1. The van der Waals surface area contributed by atoms with Crippen LogP contribution < -0.4 is 0 Å². The number of aromatic nitrogens is 3. The third-order valence-electron chi connectivity index (χ3n) is 2.92. The van der Waals surface area contributed by atoms with E-state index in [-0.39, 0.29) is 0 Å². The molecule has 0 saturated carbocycles. The summed E-state index contributed by atoms with van der Waals surface area (Å²) in [7, 11) is 0. The zero-order valence-electron chi connectivity index (χ0n) is 10.3. The quantitative estimate of drug-likeness (QED) is 0.680. The first-order chi connectivity index (χ1) is 9.72. The van der Waals surface area contributed by atoms with E-state index in [1.54, 1.807) is 41.4 Å². The van der Waals surface area contributed by atoms with E-state index in [9.17, 15) is 4.79 Å². The number of hydrogen-bond acceptors (Lipinski definition) is 3. The Labute approximate surface area is 119 Å². The van der Waals surface area contributed by atoms with Crippen molar-refractivity contribution in [3.05, 3.63) is 53.4 Å². The lowest BCUT2D eigenvalue weighted by molar-refractivity contribution is 0.101. The molecule has 0 aliphatic heterocycles. The van der Waals surface area contributed by atoms with Crippen molar-refractivity contribution < 1.29 is 4.79 Å². The van der Waals surface area contributed by atoms with Gasteiger partial charge in [-0.3, -0.25) is 9.36 Å². The third kappa shape index (κ3) is 1.88. The van der Waals surface area contributed by atoms with Crippen molar-refractivity contribution in [3.63, 3.8) is 0 Å². The van der Waals surface area contributed by atoms with Crippen LogP contribution in [0.1, 0.15) is 10.4 Å². The zero-order valence-corrected chi connectivity index (χ0v) is 11.1. The maximum Gasteiger partial charge on any atom is 0.278 e. The molecule has 0 bridgehead atoms. The van der Waals surface area contributed by atoms with Crippen LogP contribution in [0.3, 0.4) is 0 Å². The third-order valence-corrected chi connectivity index (χ3v) is 3.24. The molecule has 3 rings (SSSR count). The molecule has 0 atom stereocenters. The Balaban J connectivity index is 2.38. The lowest BCUT2D eigenvalue weighted by Crippen LogP contribution is -1.98. The number of nitrogens with zero attached hydrogens (tertiary/aromatic N) is 4. The molecule has 20 heavy (non-hydrogen) atoms. The summed E-state index contributed by atoms with van der Waals surface area (Å²) in [5.74, 6) is 0.0284. The Morgan fingerprint density at radius 1 is 1.25 bits per heavy atom. The molecule has 1 aromatic carbocycles. The van der Waals surface area contributed by atoms with E-state index in [0.29, 0.717) is 21.9 Å². The van der Waals surface area contributed by atoms with Crippen LogP contribution in [0.4, 0.5) is 0 Å². The number of amides is 1. The van der Waals surface area contributed by atoms with Gasteiger partial charge in [0.2, 0.25) is 5.95 Å². The molecule has 0 radical (unpaired) electrons. The first-order valence-electron chi connectivity index (χ1n) is 5.80. The van der Waals surface area contributed by atoms with Crippen molar-refractivity contribution in [2.24, 2.45) is 4.99 Å². The molecule has 2 heterocycles. The molecule has 3 aromatic rings. The van der Waals surface area contributed by atoms with Crippen LogP contribution in [0, 0.1) is 0 Å². The standard InChI is InChI=1S/C14H9ClN4O/c1-16-13(20)9-8-19(14-17-6-3-7-18-14)11-5-2-4-10(15)12(9)11/h2-8H,1H2. The van der Waals surface area contributed by atoms with Gasteiger partial charge in [-0.05, 0) is 24.9 Å². The number of hydrogen-bond donors (Lipinski definition) is 0. The van der Waals surface area contributed by atoms with Crippen LogP contribution in [-0.4, -0.2) is 27.2 Å². The summed E-state index contributed by atoms with van der Waals surface area (Å²) >= 11 is 6.20. The Kier molecular flexibility index (Phi) is 3.04. The minimum absolute atomic E-state index is 0.382. The minimum atomic E-state index is -0.433. The Morgan fingerprint density at radius 3 is 2.70 bits per heavy atom. The van der Waals surface area contributed by atoms with Crippen molar-refractivity contribution in [2.75, 3.05) is 0 Å². The summed E-state index contributed by atoms with van der Waals surface area (Å²) in [4.78, 5) is 23.7. The smallest absolute Gasteiger partial charge is 0.278 e. The van der Waals surface area contributed by atoms with Gasteiger partial charge >= 0.3 is 0 Å². The summed E-state index contributed by atoms with van der Waals surface area (Å²) < 4.78 is 1.71. The molecule has 0 aliphatic rings. The fourth-order valence-electron chi connectivity index (χ4n) is 2.07. The van der Waals surface area contributed by atoms with Crippen LogP contribution in [0.15, 0.2) is 47.8 Å². The molecule has 0 fully saturated rings. The SMILES string of the molecule is C=NC(=O)c1cn(-c2ncccn2)c2cccc(Cl)c12. The summed E-state index contributed by atoms with van der Waals surface area (Å²) in [6.07, 6.45) is 4.89. The van der Waals surface area contributed by atoms with Crippen LogP contribution in [0.5, 0.6) is 0 Å². The molecule has 0 N–H and O–H groups in total. The molecule has 1 amide bonds. The number of carbonyl (C=O) groups excluding carboxylic acids is 1. The minimum Gasteiger partial charge on any atom is -0.284 e. The van der Waals surface area contributed by atoms with Gasteiger partial charge in [0.1, 0.15) is 0 Å². The van der Waals surface area contributed by atoms with Gasteiger partial charge in [0.15, 0.2) is 0 Å². The molecule has 0 spiro atoms. The molecule has 2 aromatic heterocycles. The van der Waals surface area contributed by atoms with E-state index in [4.69, 9.17) is 11.6 Å². The normalized spacial score (nSPS) is 10.7. The molecule has 6 heteroatoms. The van der Waals surface area contributed by atoms with Gasteiger partial charge in [0.25, 0.3) is 5.91 Å². The van der Waals surface area contributed by atoms with Crippen LogP contribution in [0.25, 0.3) is 16.9 Å². The van der Waals surface area contributed by atoms with Crippen molar-refractivity contribution in [3.8, 4) is 5.95 Å². The number of benzene rings is 1. The highest BCUT2D eigenvalue weighted by molar-refractivity contribution is 6.37. The number of aliphatic imine (C=N–C) groups is 1. The number of halogens is 1. The summed E-state index contributed by atoms with van der Waals surface area (Å²) in [6, 6.07) is 7.09. The van der Waals surface area contributed by atoms with E-state index >= 15 is 0 Å². The second-order valence-electron chi connectivity index (χ2n) is 4.06. The highest BCUT2D eigenvalue weighted by Gasteiger charge is 2.18. The highest BCUT2D eigenvalue weighted by atomic mass is 35.5. The van der Waals surface area contributed by atoms with E-state index in [1.807, 2.05) is 6.07 Å². The number of carbonyl (C=O) groups is 1. The lowest BCUT2D eigenvalue weighted by Gasteiger charge is -2.02. The van der Waals surface area contributed by atoms with Crippen LogP contribution >= 0.6 is 11.6 Å². The van der Waals surface area contributed by atoms with Gasteiger partial charge in [0.05, 0.1) is 16.1 Å². The molecule has 0 unspecified atom stereocenters. The van der Waals surface area contributed by atoms with E-state index < -0.39 is 5.91 Å². The van der Waals surface area contributed by atoms with Gasteiger partial charge < -0.3 is 0 Å². The van der Waals surface area contributed by atoms with Gasteiger partial charge in [0, 0.05) is 24.0 Å². The maximum atomic E-state index is 11.9. The van der Waals surface area contributed by atoms with Crippen molar-refractivity contribution >= 4 is 35.1 Å². The first-order valence-corrected chi connectivity index (χ1v) is 6.18. The van der Waals surface area contributed by atoms with Crippen molar-refractivity contribution in [1.29, 1.82) is 0 Å². The van der Waals surface area contributed by atoms with Crippen molar-refractivity contribution in [1.82, 2.24) is 14.5 Å². The van der Waals surface area contributed by atoms with Gasteiger partial charge in [-0.25, -0.2) is 15.0 Å². The summed E-state index contributed by atoms with van der Waals surface area (Å²) in [6.45, 7) is 3.27. The van der Waals surface area contributed by atoms with Gasteiger partial charge in [-0.1, -0.05) is 17.7 Å². The highest BCUT2D eigenvalue weighted by Crippen LogP contribution is 2.30. The average molecular weight is 285 g/mol. The molecular formula is C14H9ClN4O. The van der Waals surface area contributed by atoms with Crippen LogP contribution in [0.2, 0.25) is 5.02 Å². The molecular weight excluding hydrogens is 276 g/mol. The predicted molar refractivity (Wildman–Crippen MR) is 77.8 cm³/mol. The van der Waals surface area contributed by atoms with Crippen molar-refractivity contribution in [2.45, 2.75) is 0 Å². The molecule has 98 valence electrons. The maximum absolute atomic E-state index is 11.9. The predicted octanol–water partition coefficient (Wildman–Crippen LogP) is 2.91.